The molecule has 0 bridgehead atoms. The van der Waals surface area contributed by atoms with Crippen LogP contribution in [0, 0.1) is 19.3 Å². The molecule has 3 heteroatoms. The lowest BCUT2D eigenvalue weighted by Crippen LogP contribution is -2.08. The topological polar surface area (TPSA) is 16.4 Å². The Balaban J connectivity index is 2.26. The van der Waals surface area contributed by atoms with Crippen molar-refractivity contribution < 1.29 is 4.39 Å². The summed E-state index contributed by atoms with van der Waals surface area (Å²) in [7, 11) is 0. The molecule has 0 radical (unpaired) electrons. The van der Waals surface area contributed by atoms with Gasteiger partial charge in [0.1, 0.15) is 5.82 Å². The molecule has 90 valence electrons. The minimum Gasteiger partial charge on any atom is -0.313 e. The SMILES string of the molecule is [C-]#[N+]C(Nc1cccc(F)c1)c1ccccc1C. The third kappa shape index (κ3) is 2.67. The lowest BCUT2D eigenvalue weighted by atomic mass is 10.1. The molecule has 0 aliphatic rings. The summed E-state index contributed by atoms with van der Waals surface area (Å²) in [6.45, 7) is 9.22. The first kappa shape index (κ1) is 12.1. The molecule has 1 unspecified atom stereocenters. The fraction of sp³-hybridized carbons (Fsp3) is 0.133. The minimum atomic E-state index is -0.493. The van der Waals surface area contributed by atoms with Crippen LogP contribution in [0.5, 0.6) is 0 Å². The van der Waals surface area contributed by atoms with Gasteiger partial charge in [0, 0.05) is 5.69 Å². The number of rotatable bonds is 3. The minimum absolute atomic E-state index is 0.312. The molecule has 0 aliphatic carbocycles. The zero-order chi connectivity index (χ0) is 13.0. The van der Waals surface area contributed by atoms with Gasteiger partial charge in [0.2, 0.25) is 0 Å². The maximum atomic E-state index is 13.1. The highest BCUT2D eigenvalue weighted by Crippen LogP contribution is 2.23. The van der Waals surface area contributed by atoms with Gasteiger partial charge in [-0.05, 0) is 36.8 Å². The molecule has 1 atom stereocenters. The maximum absolute atomic E-state index is 13.1. The van der Waals surface area contributed by atoms with Gasteiger partial charge in [-0.25, -0.2) is 11.0 Å². The van der Waals surface area contributed by atoms with Gasteiger partial charge in [-0.15, -0.1) is 0 Å². The number of benzene rings is 2. The van der Waals surface area contributed by atoms with E-state index in [1.165, 1.54) is 12.1 Å². The van der Waals surface area contributed by atoms with E-state index in [1.54, 1.807) is 12.1 Å². The zero-order valence-electron chi connectivity index (χ0n) is 10.0. The summed E-state index contributed by atoms with van der Waals surface area (Å²) in [6, 6.07) is 13.8. The van der Waals surface area contributed by atoms with Crippen LogP contribution < -0.4 is 5.32 Å². The van der Waals surface area contributed by atoms with E-state index in [4.69, 9.17) is 6.57 Å². The molecule has 0 saturated heterocycles. The first-order valence-corrected chi connectivity index (χ1v) is 5.65. The molecule has 18 heavy (non-hydrogen) atoms. The smallest absolute Gasteiger partial charge is 0.313 e. The number of halogens is 1. The van der Waals surface area contributed by atoms with Gasteiger partial charge in [-0.2, -0.15) is 0 Å². The van der Waals surface area contributed by atoms with Crippen molar-refractivity contribution in [1.82, 2.24) is 0 Å². The Morgan fingerprint density at radius 3 is 2.61 bits per heavy atom. The second-order valence-corrected chi connectivity index (χ2v) is 4.04. The van der Waals surface area contributed by atoms with Crippen molar-refractivity contribution in [2.45, 2.75) is 13.1 Å². The van der Waals surface area contributed by atoms with Gasteiger partial charge in [0.15, 0.2) is 0 Å². The molecular formula is C15H13FN2. The molecule has 0 aromatic heterocycles. The second kappa shape index (κ2) is 5.33. The molecule has 0 heterocycles. The standard InChI is InChI=1S/C15H13FN2/c1-11-6-3-4-9-14(11)15(17-2)18-13-8-5-7-12(16)10-13/h3-10,15,18H,1H3. The van der Waals surface area contributed by atoms with Crippen molar-refractivity contribution >= 4 is 5.69 Å². The Labute approximate surface area is 106 Å². The summed E-state index contributed by atoms with van der Waals surface area (Å²) in [5.41, 5.74) is 2.57. The van der Waals surface area contributed by atoms with Gasteiger partial charge in [-0.3, -0.25) is 4.85 Å². The lowest BCUT2D eigenvalue weighted by molar-refractivity contribution is 0.628. The molecule has 0 amide bonds. The molecule has 2 nitrogen and oxygen atoms in total. The largest absolute Gasteiger partial charge is 0.322 e. The number of anilines is 1. The Morgan fingerprint density at radius 1 is 1.17 bits per heavy atom. The highest BCUT2D eigenvalue weighted by atomic mass is 19.1. The average molecular weight is 240 g/mol. The summed E-state index contributed by atoms with van der Waals surface area (Å²) >= 11 is 0. The van der Waals surface area contributed by atoms with Crippen molar-refractivity contribution in [3.05, 3.63) is 76.9 Å². The number of nitrogens with zero attached hydrogens (tertiary/aromatic N) is 1. The van der Waals surface area contributed by atoms with Gasteiger partial charge >= 0.3 is 6.17 Å². The molecule has 0 fully saturated rings. The number of hydrogen-bond acceptors (Lipinski definition) is 1. The summed E-state index contributed by atoms with van der Waals surface area (Å²) in [5.74, 6) is -0.312. The second-order valence-electron chi connectivity index (χ2n) is 4.04. The quantitative estimate of drug-likeness (QED) is 0.797. The van der Waals surface area contributed by atoms with Crippen LogP contribution in [-0.2, 0) is 0 Å². The lowest BCUT2D eigenvalue weighted by Gasteiger charge is -2.11. The van der Waals surface area contributed by atoms with Crippen molar-refractivity contribution in [2.24, 2.45) is 0 Å². The van der Waals surface area contributed by atoms with E-state index in [0.717, 1.165) is 11.1 Å². The Bertz CT molecular complexity index is 587. The van der Waals surface area contributed by atoms with Crippen LogP contribution in [0.4, 0.5) is 10.1 Å². The Hall–Kier alpha value is -2.34. The van der Waals surface area contributed by atoms with E-state index in [2.05, 4.69) is 10.2 Å². The van der Waals surface area contributed by atoms with Crippen LogP contribution in [0.1, 0.15) is 17.3 Å². The van der Waals surface area contributed by atoms with Crippen LogP contribution in [0.2, 0.25) is 0 Å². The predicted octanol–water partition coefficient (Wildman–Crippen LogP) is 4.16. The monoisotopic (exact) mass is 240 g/mol. The summed E-state index contributed by atoms with van der Waals surface area (Å²) in [5, 5.41) is 3.03. The molecule has 2 aromatic rings. The van der Waals surface area contributed by atoms with Crippen LogP contribution in [0.15, 0.2) is 48.5 Å². The predicted molar refractivity (Wildman–Crippen MR) is 70.5 cm³/mol. The first-order valence-electron chi connectivity index (χ1n) is 5.65. The van der Waals surface area contributed by atoms with E-state index in [1.807, 2.05) is 31.2 Å². The van der Waals surface area contributed by atoms with E-state index in [0.29, 0.717) is 5.69 Å². The molecule has 0 saturated carbocycles. The van der Waals surface area contributed by atoms with Gasteiger partial charge in [-0.1, -0.05) is 24.3 Å². The molecule has 2 rings (SSSR count). The molecule has 2 aromatic carbocycles. The van der Waals surface area contributed by atoms with E-state index < -0.39 is 6.17 Å². The van der Waals surface area contributed by atoms with Gasteiger partial charge < -0.3 is 5.32 Å². The summed E-state index contributed by atoms with van der Waals surface area (Å²) < 4.78 is 13.1. The van der Waals surface area contributed by atoms with Crippen LogP contribution >= 0.6 is 0 Å². The number of aryl methyl sites for hydroxylation is 1. The number of nitrogens with one attached hydrogen (secondary N) is 1. The summed E-state index contributed by atoms with van der Waals surface area (Å²) in [4.78, 5) is 3.56. The van der Waals surface area contributed by atoms with Gasteiger partial charge in [0.25, 0.3) is 0 Å². The highest BCUT2D eigenvalue weighted by Gasteiger charge is 2.17. The van der Waals surface area contributed by atoms with Crippen molar-refractivity contribution in [3.63, 3.8) is 0 Å². The van der Waals surface area contributed by atoms with Gasteiger partial charge in [0.05, 0.1) is 5.56 Å². The van der Waals surface area contributed by atoms with Crippen molar-refractivity contribution in [2.75, 3.05) is 5.32 Å². The van der Waals surface area contributed by atoms with Crippen LogP contribution in [0.25, 0.3) is 4.85 Å². The average Bonchev–Trinajstić information content (AvgIpc) is 2.37. The van der Waals surface area contributed by atoms with Crippen LogP contribution in [-0.4, -0.2) is 0 Å². The summed E-state index contributed by atoms with van der Waals surface area (Å²) in [6.07, 6.45) is -0.493. The fourth-order valence-electron chi connectivity index (χ4n) is 1.81. The van der Waals surface area contributed by atoms with Crippen molar-refractivity contribution in [3.8, 4) is 0 Å². The first-order chi connectivity index (χ1) is 8.70. The number of hydrogen-bond donors (Lipinski definition) is 1. The third-order valence-electron chi connectivity index (χ3n) is 2.74. The van der Waals surface area contributed by atoms with Crippen LogP contribution in [0.3, 0.4) is 0 Å². The molecule has 0 spiro atoms. The third-order valence-corrected chi connectivity index (χ3v) is 2.74. The molecule has 0 aliphatic heterocycles. The van der Waals surface area contributed by atoms with E-state index in [9.17, 15) is 4.39 Å². The van der Waals surface area contributed by atoms with Crippen molar-refractivity contribution in [1.29, 1.82) is 0 Å². The van der Waals surface area contributed by atoms with E-state index in [-0.39, 0.29) is 5.82 Å². The molecular weight excluding hydrogens is 227 g/mol. The normalized spacial score (nSPS) is 11.6. The zero-order valence-corrected chi connectivity index (χ0v) is 10.0. The Kier molecular flexibility index (Phi) is 3.59. The van der Waals surface area contributed by atoms with E-state index >= 15 is 0 Å². The fourth-order valence-corrected chi connectivity index (χ4v) is 1.81. The maximum Gasteiger partial charge on any atom is 0.322 e. The highest BCUT2D eigenvalue weighted by molar-refractivity contribution is 5.47. The molecule has 1 N–H and O–H groups in total. The Morgan fingerprint density at radius 2 is 1.94 bits per heavy atom.